The van der Waals surface area contributed by atoms with E-state index in [0.717, 1.165) is 46.6 Å². The predicted octanol–water partition coefficient (Wildman–Crippen LogP) is 4.36. The number of carbonyl (C=O) groups is 1. The zero-order valence-corrected chi connectivity index (χ0v) is 17.0. The van der Waals surface area contributed by atoms with Crippen LogP contribution in [-0.4, -0.2) is 28.4 Å². The zero-order valence-electron chi connectivity index (χ0n) is 17.0. The van der Waals surface area contributed by atoms with Gasteiger partial charge in [0.1, 0.15) is 23.7 Å². The van der Waals surface area contributed by atoms with Crippen LogP contribution in [0, 0.1) is 20.8 Å². The fourth-order valence-electron chi connectivity index (χ4n) is 3.81. The molecule has 2 aromatic rings. The van der Waals surface area contributed by atoms with Gasteiger partial charge in [-0.15, -0.1) is 0 Å². The van der Waals surface area contributed by atoms with E-state index in [2.05, 4.69) is 13.8 Å². The number of aliphatic hydroxyl groups excluding tert-OH is 1. The molecule has 1 aliphatic heterocycles. The standard InChI is InChI=1S/C23H28O5/c1-14-15(2)21-19(9-10-23(4,28-21)11-12-24)16(3)20(14)27-13-17-5-7-18(8-6-17)22(25)26/h5-8,24H,9-13H2,1-4H3,(H,25,26). The molecule has 0 aliphatic carbocycles. The van der Waals surface area contributed by atoms with Crippen molar-refractivity contribution in [2.24, 2.45) is 0 Å². The number of fused-ring (bicyclic) bond motifs is 1. The normalized spacial score (nSPS) is 18.3. The molecule has 0 aromatic heterocycles. The molecule has 0 fully saturated rings. The van der Waals surface area contributed by atoms with Crippen LogP contribution in [0.3, 0.4) is 0 Å². The lowest BCUT2D eigenvalue weighted by Gasteiger charge is -2.38. The van der Waals surface area contributed by atoms with Gasteiger partial charge < -0.3 is 19.7 Å². The molecular weight excluding hydrogens is 356 g/mol. The van der Waals surface area contributed by atoms with Crippen LogP contribution in [0.25, 0.3) is 0 Å². The van der Waals surface area contributed by atoms with Gasteiger partial charge in [-0.2, -0.15) is 0 Å². The molecule has 0 spiro atoms. The highest BCUT2D eigenvalue weighted by atomic mass is 16.5. The molecule has 1 aliphatic rings. The Hall–Kier alpha value is -2.53. The summed E-state index contributed by atoms with van der Waals surface area (Å²) in [5, 5.41) is 18.4. The van der Waals surface area contributed by atoms with E-state index >= 15 is 0 Å². The van der Waals surface area contributed by atoms with Crippen LogP contribution >= 0.6 is 0 Å². The van der Waals surface area contributed by atoms with Gasteiger partial charge in [0.25, 0.3) is 0 Å². The van der Waals surface area contributed by atoms with Crippen molar-refractivity contribution in [3.8, 4) is 11.5 Å². The summed E-state index contributed by atoms with van der Waals surface area (Å²) in [4.78, 5) is 11.0. The second-order valence-corrected chi connectivity index (χ2v) is 7.83. The Morgan fingerprint density at radius 2 is 1.82 bits per heavy atom. The van der Waals surface area contributed by atoms with E-state index in [1.165, 1.54) is 5.56 Å². The van der Waals surface area contributed by atoms with Crippen LogP contribution in [0.15, 0.2) is 24.3 Å². The maximum absolute atomic E-state index is 11.0. The van der Waals surface area contributed by atoms with E-state index in [1.807, 2.05) is 13.8 Å². The smallest absolute Gasteiger partial charge is 0.335 e. The van der Waals surface area contributed by atoms with E-state index in [9.17, 15) is 9.90 Å². The van der Waals surface area contributed by atoms with Crippen molar-refractivity contribution in [2.45, 2.75) is 59.2 Å². The van der Waals surface area contributed by atoms with Crippen LogP contribution in [0.4, 0.5) is 0 Å². The Bertz CT molecular complexity index is 885. The summed E-state index contributed by atoms with van der Waals surface area (Å²) in [5.74, 6) is 0.862. The van der Waals surface area contributed by atoms with Gasteiger partial charge >= 0.3 is 5.97 Å². The van der Waals surface area contributed by atoms with Gasteiger partial charge in [-0.25, -0.2) is 4.79 Å². The second-order valence-electron chi connectivity index (χ2n) is 7.83. The molecular formula is C23H28O5. The summed E-state index contributed by atoms with van der Waals surface area (Å²) >= 11 is 0. The molecule has 0 radical (unpaired) electrons. The number of aromatic carboxylic acids is 1. The Balaban J connectivity index is 1.85. The number of aliphatic hydroxyl groups is 1. The molecule has 5 nitrogen and oxygen atoms in total. The minimum absolute atomic E-state index is 0.116. The minimum atomic E-state index is -0.933. The predicted molar refractivity (Wildman–Crippen MR) is 107 cm³/mol. The lowest BCUT2D eigenvalue weighted by Crippen LogP contribution is -2.38. The molecule has 1 unspecified atom stereocenters. The third-order valence-electron chi connectivity index (χ3n) is 5.79. The number of hydrogen-bond acceptors (Lipinski definition) is 4. The van der Waals surface area contributed by atoms with E-state index in [1.54, 1.807) is 24.3 Å². The first-order valence-corrected chi connectivity index (χ1v) is 9.63. The maximum atomic E-state index is 11.0. The van der Waals surface area contributed by atoms with Crippen LogP contribution in [0.5, 0.6) is 11.5 Å². The van der Waals surface area contributed by atoms with Crippen molar-refractivity contribution in [1.82, 2.24) is 0 Å². The molecule has 0 amide bonds. The fourth-order valence-corrected chi connectivity index (χ4v) is 3.81. The van der Waals surface area contributed by atoms with Crippen LogP contribution in [0.1, 0.15) is 57.9 Å². The quantitative estimate of drug-likeness (QED) is 0.774. The highest BCUT2D eigenvalue weighted by molar-refractivity contribution is 5.87. The topological polar surface area (TPSA) is 76.0 Å². The van der Waals surface area contributed by atoms with Gasteiger partial charge in [0.2, 0.25) is 0 Å². The molecule has 0 bridgehead atoms. The van der Waals surface area contributed by atoms with E-state index in [-0.39, 0.29) is 17.8 Å². The number of hydrogen-bond donors (Lipinski definition) is 2. The third kappa shape index (κ3) is 3.85. The van der Waals surface area contributed by atoms with Crippen molar-refractivity contribution in [1.29, 1.82) is 0 Å². The van der Waals surface area contributed by atoms with E-state index in [4.69, 9.17) is 14.6 Å². The van der Waals surface area contributed by atoms with Crippen LogP contribution in [0.2, 0.25) is 0 Å². The second kappa shape index (κ2) is 7.84. The van der Waals surface area contributed by atoms with Gasteiger partial charge in [-0.3, -0.25) is 0 Å². The van der Waals surface area contributed by atoms with Crippen molar-refractivity contribution in [2.75, 3.05) is 6.61 Å². The summed E-state index contributed by atoms with van der Waals surface area (Å²) in [7, 11) is 0. The molecule has 5 heteroatoms. The molecule has 28 heavy (non-hydrogen) atoms. The molecule has 2 N–H and O–H groups in total. The third-order valence-corrected chi connectivity index (χ3v) is 5.79. The first kappa shape index (κ1) is 20.2. The van der Waals surface area contributed by atoms with Crippen molar-refractivity contribution >= 4 is 5.97 Å². The molecule has 1 heterocycles. The number of carboxylic acid groups (broad SMARTS) is 1. The average Bonchev–Trinajstić information content (AvgIpc) is 2.66. The van der Waals surface area contributed by atoms with Crippen LogP contribution < -0.4 is 9.47 Å². The van der Waals surface area contributed by atoms with Crippen LogP contribution in [-0.2, 0) is 13.0 Å². The summed E-state index contributed by atoms with van der Waals surface area (Å²) in [6, 6.07) is 6.75. The van der Waals surface area contributed by atoms with Gasteiger partial charge in [-0.05, 0) is 74.9 Å². The summed E-state index contributed by atoms with van der Waals surface area (Å²) in [5.41, 5.74) is 5.24. The highest BCUT2D eigenvalue weighted by Crippen LogP contribution is 2.44. The van der Waals surface area contributed by atoms with Crippen molar-refractivity contribution in [3.05, 3.63) is 57.6 Å². The van der Waals surface area contributed by atoms with E-state index < -0.39 is 5.97 Å². The number of ether oxygens (including phenoxy) is 2. The molecule has 0 saturated heterocycles. The monoisotopic (exact) mass is 384 g/mol. The van der Waals surface area contributed by atoms with Gasteiger partial charge in [0.05, 0.1) is 5.56 Å². The van der Waals surface area contributed by atoms with Crippen molar-refractivity contribution < 1.29 is 24.5 Å². The molecule has 150 valence electrons. The van der Waals surface area contributed by atoms with Crippen molar-refractivity contribution in [3.63, 3.8) is 0 Å². The first-order valence-electron chi connectivity index (χ1n) is 9.63. The lowest BCUT2D eigenvalue weighted by atomic mass is 9.86. The van der Waals surface area contributed by atoms with Gasteiger partial charge in [0.15, 0.2) is 0 Å². The Morgan fingerprint density at radius 1 is 1.14 bits per heavy atom. The average molecular weight is 384 g/mol. The number of carboxylic acids is 1. The zero-order chi connectivity index (χ0) is 20.5. The number of rotatable bonds is 6. The molecule has 2 aromatic carbocycles. The Morgan fingerprint density at radius 3 is 2.43 bits per heavy atom. The lowest BCUT2D eigenvalue weighted by molar-refractivity contribution is 0.0377. The first-order chi connectivity index (χ1) is 13.3. The fraction of sp³-hybridized carbons (Fsp3) is 0.435. The van der Waals surface area contributed by atoms with Gasteiger partial charge in [0, 0.05) is 18.6 Å². The summed E-state index contributed by atoms with van der Waals surface area (Å²) in [6.45, 7) is 8.70. The molecule has 3 rings (SSSR count). The van der Waals surface area contributed by atoms with E-state index in [0.29, 0.717) is 13.0 Å². The Labute approximate surface area is 165 Å². The summed E-state index contributed by atoms with van der Waals surface area (Å²) < 4.78 is 12.5. The minimum Gasteiger partial charge on any atom is -0.488 e. The molecule has 0 saturated carbocycles. The largest absolute Gasteiger partial charge is 0.488 e. The van der Waals surface area contributed by atoms with Gasteiger partial charge in [-0.1, -0.05) is 12.1 Å². The highest BCUT2D eigenvalue weighted by Gasteiger charge is 2.34. The number of benzene rings is 2. The maximum Gasteiger partial charge on any atom is 0.335 e. The SMILES string of the molecule is Cc1c(C)c2c(c(C)c1OCc1ccc(C(=O)O)cc1)CCC(C)(CCO)O2. The Kier molecular flexibility index (Phi) is 5.66. The summed E-state index contributed by atoms with van der Waals surface area (Å²) in [6.07, 6.45) is 2.37. The molecule has 1 atom stereocenters.